The van der Waals surface area contributed by atoms with Crippen LogP contribution in [0.3, 0.4) is 0 Å². The zero-order valence-electron chi connectivity index (χ0n) is 18.9. The van der Waals surface area contributed by atoms with E-state index in [1.165, 1.54) is 4.90 Å². The third-order valence-electron chi connectivity index (χ3n) is 5.58. The Morgan fingerprint density at radius 2 is 1.84 bits per heavy atom. The SMILES string of the molecule is CCOC(=O)C1CCN(C(=O)CN(C)C(=O)CCc2nnc(-c3ccc(C)cc3)o2)CC1. The molecule has 2 heterocycles. The number of hydrogen-bond acceptors (Lipinski definition) is 7. The standard InChI is InChI=1S/C23H30N4O5/c1-4-31-23(30)18-11-13-27(14-12-18)21(29)15-26(3)20(28)10-9-19-24-25-22(32-19)17-7-5-16(2)6-8-17/h5-8,18H,4,9-15H2,1-3H3. The fourth-order valence-electron chi connectivity index (χ4n) is 3.59. The molecule has 9 heteroatoms. The van der Waals surface area contributed by atoms with Crippen LogP contribution in [0.5, 0.6) is 0 Å². The van der Waals surface area contributed by atoms with Gasteiger partial charge in [-0.3, -0.25) is 14.4 Å². The first-order valence-electron chi connectivity index (χ1n) is 10.9. The van der Waals surface area contributed by atoms with Crippen LogP contribution >= 0.6 is 0 Å². The molecule has 0 N–H and O–H groups in total. The topological polar surface area (TPSA) is 106 Å². The molecule has 1 saturated heterocycles. The number of amides is 2. The Morgan fingerprint density at radius 1 is 1.16 bits per heavy atom. The van der Waals surface area contributed by atoms with Gasteiger partial charge in [-0.1, -0.05) is 17.7 Å². The molecule has 0 radical (unpaired) electrons. The molecule has 0 saturated carbocycles. The molecule has 32 heavy (non-hydrogen) atoms. The van der Waals surface area contributed by atoms with E-state index < -0.39 is 0 Å². The van der Waals surface area contributed by atoms with E-state index in [0.29, 0.717) is 50.7 Å². The second-order valence-electron chi connectivity index (χ2n) is 8.02. The summed E-state index contributed by atoms with van der Waals surface area (Å²) < 4.78 is 10.7. The van der Waals surface area contributed by atoms with Gasteiger partial charge in [0.15, 0.2) is 0 Å². The average Bonchev–Trinajstić information content (AvgIpc) is 3.27. The highest BCUT2D eigenvalue weighted by atomic mass is 16.5. The van der Waals surface area contributed by atoms with E-state index in [-0.39, 0.29) is 36.7 Å². The number of ether oxygens (including phenoxy) is 1. The van der Waals surface area contributed by atoms with Gasteiger partial charge in [-0.2, -0.15) is 0 Å². The Kier molecular flexibility index (Phi) is 7.97. The first kappa shape index (κ1) is 23.4. The number of esters is 1. The summed E-state index contributed by atoms with van der Waals surface area (Å²) in [7, 11) is 1.61. The second-order valence-corrected chi connectivity index (χ2v) is 8.02. The number of piperidine rings is 1. The molecule has 1 fully saturated rings. The highest BCUT2D eigenvalue weighted by molar-refractivity contribution is 5.85. The number of nitrogens with zero attached hydrogens (tertiary/aromatic N) is 4. The molecule has 172 valence electrons. The van der Waals surface area contributed by atoms with Gasteiger partial charge >= 0.3 is 5.97 Å². The van der Waals surface area contributed by atoms with E-state index in [9.17, 15) is 14.4 Å². The van der Waals surface area contributed by atoms with Crippen molar-refractivity contribution in [2.45, 2.75) is 39.5 Å². The van der Waals surface area contributed by atoms with Gasteiger partial charge < -0.3 is 19.0 Å². The van der Waals surface area contributed by atoms with Crippen LogP contribution in [0.2, 0.25) is 0 Å². The lowest BCUT2D eigenvalue weighted by Crippen LogP contribution is -2.45. The number of likely N-dealkylation sites (tertiary alicyclic amines) is 1. The number of likely N-dealkylation sites (N-methyl/N-ethyl adjacent to an activating group) is 1. The van der Waals surface area contributed by atoms with E-state index in [2.05, 4.69) is 10.2 Å². The quantitative estimate of drug-likeness (QED) is 0.577. The van der Waals surface area contributed by atoms with Crippen molar-refractivity contribution in [3.05, 3.63) is 35.7 Å². The summed E-state index contributed by atoms with van der Waals surface area (Å²) in [6.07, 6.45) is 1.65. The summed E-state index contributed by atoms with van der Waals surface area (Å²) in [6, 6.07) is 7.75. The Hall–Kier alpha value is -3.23. The van der Waals surface area contributed by atoms with Gasteiger partial charge in [0.05, 0.1) is 19.1 Å². The third-order valence-corrected chi connectivity index (χ3v) is 5.58. The van der Waals surface area contributed by atoms with Gasteiger partial charge in [0.1, 0.15) is 0 Å². The number of benzene rings is 1. The zero-order chi connectivity index (χ0) is 23.1. The van der Waals surface area contributed by atoms with E-state index >= 15 is 0 Å². The monoisotopic (exact) mass is 442 g/mol. The molecule has 9 nitrogen and oxygen atoms in total. The smallest absolute Gasteiger partial charge is 0.309 e. The van der Waals surface area contributed by atoms with Crippen LogP contribution in [-0.2, 0) is 25.5 Å². The van der Waals surface area contributed by atoms with Crippen molar-refractivity contribution >= 4 is 17.8 Å². The summed E-state index contributed by atoms with van der Waals surface area (Å²) in [6.45, 7) is 5.14. The lowest BCUT2D eigenvalue weighted by molar-refractivity contribution is -0.151. The predicted molar refractivity (Wildman–Crippen MR) is 116 cm³/mol. The first-order valence-corrected chi connectivity index (χ1v) is 10.9. The van der Waals surface area contributed by atoms with Crippen LogP contribution in [0.4, 0.5) is 0 Å². The lowest BCUT2D eigenvalue weighted by atomic mass is 9.97. The molecule has 0 atom stereocenters. The Labute approximate surface area is 187 Å². The lowest BCUT2D eigenvalue weighted by Gasteiger charge is -2.32. The molecule has 0 unspecified atom stereocenters. The van der Waals surface area contributed by atoms with Gasteiger partial charge in [-0.15, -0.1) is 10.2 Å². The molecule has 1 aliphatic rings. The molecule has 0 spiro atoms. The zero-order valence-corrected chi connectivity index (χ0v) is 18.9. The molecule has 1 aromatic heterocycles. The minimum Gasteiger partial charge on any atom is -0.466 e. The van der Waals surface area contributed by atoms with Crippen molar-refractivity contribution in [2.75, 3.05) is 33.3 Å². The number of aryl methyl sites for hydroxylation is 2. The van der Waals surface area contributed by atoms with Gasteiger partial charge in [-0.25, -0.2) is 0 Å². The van der Waals surface area contributed by atoms with Crippen LogP contribution < -0.4 is 0 Å². The van der Waals surface area contributed by atoms with Crippen LogP contribution in [0, 0.1) is 12.8 Å². The number of rotatable bonds is 8. The van der Waals surface area contributed by atoms with E-state index in [1.807, 2.05) is 31.2 Å². The van der Waals surface area contributed by atoms with Gasteiger partial charge in [0, 0.05) is 38.5 Å². The van der Waals surface area contributed by atoms with Crippen molar-refractivity contribution in [1.29, 1.82) is 0 Å². The maximum atomic E-state index is 12.5. The van der Waals surface area contributed by atoms with Gasteiger partial charge in [0.2, 0.25) is 23.6 Å². The molecule has 0 aliphatic carbocycles. The predicted octanol–water partition coefficient (Wildman–Crippen LogP) is 2.24. The molecule has 1 aliphatic heterocycles. The van der Waals surface area contributed by atoms with Crippen molar-refractivity contribution < 1.29 is 23.5 Å². The number of carbonyl (C=O) groups is 3. The Bertz CT molecular complexity index is 932. The molecule has 2 amide bonds. The summed E-state index contributed by atoms with van der Waals surface area (Å²) in [4.78, 5) is 40.0. The molecule has 0 bridgehead atoms. The molecule has 1 aromatic carbocycles. The number of aromatic nitrogens is 2. The summed E-state index contributed by atoms with van der Waals surface area (Å²) in [5.74, 6) is 0.158. The third kappa shape index (κ3) is 6.15. The second kappa shape index (κ2) is 10.9. The van der Waals surface area contributed by atoms with E-state index in [1.54, 1.807) is 18.9 Å². The number of carbonyl (C=O) groups excluding carboxylic acids is 3. The average molecular weight is 443 g/mol. The van der Waals surface area contributed by atoms with Gasteiger partial charge in [-0.05, 0) is 38.8 Å². The van der Waals surface area contributed by atoms with Crippen LogP contribution in [-0.4, -0.2) is 71.1 Å². The molecule has 3 rings (SSSR count). The maximum Gasteiger partial charge on any atom is 0.309 e. The Balaban J connectivity index is 1.43. The number of hydrogen-bond donors (Lipinski definition) is 0. The normalized spacial score (nSPS) is 14.3. The van der Waals surface area contributed by atoms with Crippen LogP contribution in [0.15, 0.2) is 28.7 Å². The largest absolute Gasteiger partial charge is 0.466 e. The van der Waals surface area contributed by atoms with Crippen molar-refractivity contribution in [1.82, 2.24) is 20.0 Å². The summed E-state index contributed by atoms with van der Waals surface area (Å²) >= 11 is 0. The maximum absolute atomic E-state index is 12.5. The van der Waals surface area contributed by atoms with Crippen LogP contribution in [0.1, 0.15) is 37.6 Å². The molecular formula is C23H30N4O5. The van der Waals surface area contributed by atoms with Gasteiger partial charge in [0.25, 0.3) is 0 Å². The van der Waals surface area contributed by atoms with E-state index in [0.717, 1.165) is 11.1 Å². The van der Waals surface area contributed by atoms with Crippen molar-refractivity contribution in [3.8, 4) is 11.5 Å². The highest BCUT2D eigenvalue weighted by Gasteiger charge is 2.29. The fourth-order valence-corrected chi connectivity index (χ4v) is 3.59. The minimum atomic E-state index is -0.196. The first-order chi connectivity index (χ1) is 15.4. The van der Waals surface area contributed by atoms with Crippen molar-refractivity contribution in [2.24, 2.45) is 5.92 Å². The summed E-state index contributed by atoms with van der Waals surface area (Å²) in [5, 5.41) is 8.06. The Morgan fingerprint density at radius 3 is 2.50 bits per heavy atom. The molecular weight excluding hydrogens is 412 g/mol. The molecule has 2 aromatic rings. The fraction of sp³-hybridized carbons (Fsp3) is 0.522. The minimum absolute atomic E-state index is 0.00135. The van der Waals surface area contributed by atoms with Crippen molar-refractivity contribution in [3.63, 3.8) is 0 Å². The van der Waals surface area contributed by atoms with E-state index in [4.69, 9.17) is 9.15 Å². The van der Waals surface area contributed by atoms with Crippen LogP contribution in [0.25, 0.3) is 11.5 Å². The highest BCUT2D eigenvalue weighted by Crippen LogP contribution is 2.20. The summed E-state index contributed by atoms with van der Waals surface area (Å²) in [5.41, 5.74) is 1.97.